The molecule has 2 aromatic carbocycles. The van der Waals surface area contributed by atoms with Gasteiger partial charge in [-0.1, -0.05) is 24.3 Å². The van der Waals surface area contributed by atoms with E-state index < -0.39 is 23.4 Å². The van der Waals surface area contributed by atoms with Crippen LogP contribution >= 0.6 is 11.3 Å². The fraction of sp³-hybridized carbons (Fsp3) is 0.174. The Bertz CT molecular complexity index is 1200. The molecule has 0 saturated carbocycles. The molecule has 1 aliphatic heterocycles. The van der Waals surface area contributed by atoms with Crippen LogP contribution in [0, 0.1) is 10.1 Å². The molecule has 0 aliphatic carbocycles. The quantitative estimate of drug-likeness (QED) is 0.243. The molecule has 8 nitrogen and oxygen atoms in total. The molecule has 162 valence electrons. The molecule has 0 N–H and O–H groups in total. The van der Waals surface area contributed by atoms with Crippen molar-refractivity contribution in [3.8, 4) is 0 Å². The van der Waals surface area contributed by atoms with Crippen molar-refractivity contribution < 1.29 is 24.0 Å². The van der Waals surface area contributed by atoms with Gasteiger partial charge in [0.25, 0.3) is 11.6 Å². The van der Waals surface area contributed by atoms with E-state index >= 15 is 0 Å². The molecular formula is C23H18N2O6S. The summed E-state index contributed by atoms with van der Waals surface area (Å²) in [6.07, 6.45) is 1.27. The van der Waals surface area contributed by atoms with E-state index in [2.05, 4.69) is 0 Å². The van der Waals surface area contributed by atoms with Crippen molar-refractivity contribution in [1.29, 1.82) is 0 Å². The number of nitro groups is 1. The first kappa shape index (κ1) is 21.4. The number of esters is 1. The molecule has 32 heavy (non-hydrogen) atoms. The summed E-state index contributed by atoms with van der Waals surface area (Å²) in [6.45, 7) is -0.0779. The maximum atomic E-state index is 12.8. The maximum absolute atomic E-state index is 12.8. The van der Waals surface area contributed by atoms with Crippen LogP contribution in [-0.4, -0.2) is 35.7 Å². The van der Waals surface area contributed by atoms with E-state index in [1.54, 1.807) is 41.8 Å². The van der Waals surface area contributed by atoms with Crippen LogP contribution in [0.3, 0.4) is 0 Å². The Hall–Kier alpha value is -3.85. The van der Waals surface area contributed by atoms with Gasteiger partial charge in [0, 0.05) is 29.9 Å². The molecule has 2 heterocycles. The third kappa shape index (κ3) is 4.28. The van der Waals surface area contributed by atoms with Crippen LogP contribution in [-0.2, 0) is 16.0 Å². The lowest BCUT2D eigenvalue weighted by Gasteiger charge is -2.29. The second kappa shape index (κ2) is 9.11. The molecular weight excluding hydrogens is 432 g/mol. The van der Waals surface area contributed by atoms with Crippen LogP contribution in [0.5, 0.6) is 0 Å². The van der Waals surface area contributed by atoms with Gasteiger partial charge in [0.15, 0.2) is 6.61 Å². The Balaban J connectivity index is 1.48. The number of hydrogen-bond acceptors (Lipinski definition) is 7. The van der Waals surface area contributed by atoms with Gasteiger partial charge < -0.3 is 9.64 Å². The highest BCUT2D eigenvalue weighted by molar-refractivity contribution is 7.12. The number of hydrogen-bond donors (Lipinski definition) is 0. The minimum absolute atomic E-state index is 0.0310. The lowest BCUT2D eigenvalue weighted by atomic mass is 10.0. The van der Waals surface area contributed by atoms with Crippen LogP contribution in [0.25, 0.3) is 0 Å². The van der Waals surface area contributed by atoms with Crippen molar-refractivity contribution >= 4 is 40.4 Å². The third-order valence-corrected chi connectivity index (χ3v) is 6.03. The average molecular weight is 450 g/mol. The molecule has 4 rings (SSSR count). The van der Waals surface area contributed by atoms with Gasteiger partial charge in [-0.05, 0) is 42.0 Å². The molecule has 1 aromatic heterocycles. The first-order valence-electron chi connectivity index (χ1n) is 9.88. The number of non-ortho nitro benzene ring substituents is 1. The number of benzene rings is 2. The Labute approximate surface area is 187 Å². The maximum Gasteiger partial charge on any atom is 0.339 e. The number of amides is 1. The van der Waals surface area contributed by atoms with Gasteiger partial charge in [-0.2, -0.15) is 0 Å². The zero-order valence-electron chi connectivity index (χ0n) is 16.9. The number of anilines is 1. The van der Waals surface area contributed by atoms with Gasteiger partial charge >= 0.3 is 5.97 Å². The highest BCUT2D eigenvalue weighted by atomic mass is 32.1. The zero-order chi connectivity index (χ0) is 22.7. The average Bonchev–Trinajstić information content (AvgIpc) is 3.36. The number of ether oxygens (including phenoxy) is 1. The molecule has 0 unspecified atom stereocenters. The predicted molar refractivity (Wildman–Crippen MR) is 118 cm³/mol. The van der Waals surface area contributed by atoms with Gasteiger partial charge in [-0.15, -0.1) is 11.3 Å². The largest absolute Gasteiger partial charge is 0.452 e. The lowest BCUT2D eigenvalue weighted by molar-refractivity contribution is -0.384. The first-order valence-corrected chi connectivity index (χ1v) is 10.8. The third-order valence-electron chi connectivity index (χ3n) is 5.16. The summed E-state index contributed by atoms with van der Waals surface area (Å²) in [4.78, 5) is 50.7. The number of carbonyl (C=O) groups is 3. The van der Waals surface area contributed by atoms with Crippen LogP contribution in [0.1, 0.15) is 37.6 Å². The van der Waals surface area contributed by atoms with Crippen molar-refractivity contribution in [2.24, 2.45) is 0 Å². The number of ketones is 1. The van der Waals surface area contributed by atoms with Gasteiger partial charge in [0.1, 0.15) is 0 Å². The molecule has 3 aromatic rings. The number of nitro benzene ring substituents is 1. The van der Waals surface area contributed by atoms with Gasteiger partial charge in [-0.25, -0.2) is 4.79 Å². The smallest absolute Gasteiger partial charge is 0.339 e. The number of carbonyl (C=O) groups excluding carboxylic acids is 3. The molecule has 0 radical (unpaired) electrons. The van der Waals surface area contributed by atoms with Crippen LogP contribution < -0.4 is 4.90 Å². The van der Waals surface area contributed by atoms with E-state index in [1.165, 1.54) is 34.4 Å². The standard InChI is InChI=1S/C23H18N2O6S/c26-21(24-11-3-5-15-13-16(25(29)30)9-10-19(15)24)14-31-23(28)18-7-2-1-6-17(18)22(27)20-8-4-12-32-20/h1-2,4,6-10,12-13H,3,5,11,14H2. The number of fused-ring (bicyclic) bond motifs is 1. The van der Waals surface area contributed by atoms with Crippen LogP contribution in [0.2, 0.25) is 0 Å². The second-order valence-corrected chi connectivity index (χ2v) is 8.09. The molecule has 9 heteroatoms. The van der Waals surface area contributed by atoms with Crippen molar-refractivity contribution in [2.75, 3.05) is 18.1 Å². The van der Waals surface area contributed by atoms with Crippen molar-refractivity contribution in [3.05, 3.63) is 91.7 Å². The number of aryl methyl sites for hydroxylation is 1. The molecule has 0 fully saturated rings. The molecule has 0 spiro atoms. The monoisotopic (exact) mass is 450 g/mol. The number of nitrogens with zero attached hydrogens (tertiary/aromatic N) is 2. The highest BCUT2D eigenvalue weighted by Gasteiger charge is 2.26. The van der Waals surface area contributed by atoms with Crippen molar-refractivity contribution in [1.82, 2.24) is 0 Å². The Morgan fingerprint density at radius 3 is 2.56 bits per heavy atom. The summed E-state index contributed by atoms with van der Waals surface area (Å²) in [5, 5.41) is 12.8. The van der Waals surface area contributed by atoms with E-state index in [1.807, 2.05) is 0 Å². The Morgan fingerprint density at radius 2 is 1.84 bits per heavy atom. The van der Waals surface area contributed by atoms with Gasteiger partial charge in [0.05, 0.1) is 15.4 Å². The van der Waals surface area contributed by atoms with E-state index in [-0.39, 0.29) is 22.6 Å². The summed E-state index contributed by atoms with van der Waals surface area (Å²) < 4.78 is 5.24. The summed E-state index contributed by atoms with van der Waals surface area (Å²) >= 11 is 1.27. The first-order chi connectivity index (χ1) is 15.5. The molecule has 0 bridgehead atoms. The van der Waals surface area contributed by atoms with Crippen LogP contribution in [0.15, 0.2) is 60.0 Å². The van der Waals surface area contributed by atoms with Gasteiger partial charge in [-0.3, -0.25) is 19.7 Å². The second-order valence-electron chi connectivity index (χ2n) is 7.15. The summed E-state index contributed by atoms with van der Waals surface area (Å²) in [5.41, 5.74) is 1.56. The SMILES string of the molecule is O=C(OCC(=O)N1CCCc2cc([N+](=O)[O-])ccc21)c1ccccc1C(=O)c1cccs1. The van der Waals surface area contributed by atoms with E-state index in [0.717, 1.165) is 0 Å². The topological polar surface area (TPSA) is 107 Å². The van der Waals surface area contributed by atoms with E-state index in [0.29, 0.717) is 35.5 Å². The Kier molecular flexibility index (Phi) is 6.09. The van der Waals surface area contributed by atoms with E-state index in [9.17, 15) is 24.5 Å². The molecule has 1 amide bonds. The number of thiophene rings is 1. The number of rotatable bonds is 6. The minimum atomic E-state index is -0.764. The van der Waals surface area contributed by atoms with Crippen molar-refractivity contribution in [3.63, 3.8) is 0 Å². The summed E-state index contributed by atoms with van der Waals surface area (Å²) in [5.74, 6) is -1.49. The predicted octanol–water partition coefficient (Wildman–Crippen LogP) is 4.02. The Morgan fingerprint density at radius 1 is 1.06 bits per heavy atom. The fourth-order valence-corrected chi connectivity index (χ4v) is 4.32. The summed E-state index contributed by atoms with van der Waals surface area (Å²) in [6, 6.07) is 14.1. The van der Waals surface area contributed by atoms with Gasteiger partial charge in [0.2, 0.25) is 5.78 Å². The minimum Gasteiger partial charge on any atom is -0.452 e. The van der Waals surface area contributed by atoms with Crippen LogP contribution in [0.4, 0.5) is 11.4 Å². The zero-order valence-corrected chi connectivity index (χ0v) is 17.7. The molecule has 1 aliphatic rings. The van der Waals surface area contributed by atoms with E-state index in [4.69, 9.17) is 4.74 Å². The molecule has 0 saturated heterocycles. The molecule has 0 atom stereocenters. The highest BCUT2D eigenvalue weighted by Crippen LogP contribution is 2.30. The summed E-state index contributed by atoms with van der Waals surface area (Å²) in [7, 11) is 0. The fourth-order valence-electron chi connectivity index (χ4n) is 3.64. The lowest BCUT2D eigenvalue weighted by Crippen LogP contribution is -2.38. The van der Waals surface area contributed by atoms with Crippen molar-refractivity contribution in [2.45, 2.75) is 12.8 Å². The normalized spacial score (nSPS) is 12.7.